The molecule has 2 fully saturated rings. The molecule has 10 nitrogen and oxygen atoms in total. The van der Waals surface area contributed by atoms with Gasteiger partial charge in [0.1, 0.15) is 29.9 Å². The molecule has 0 N–H and O–H groups in total. The number of esters is 1. The Balaban J connectivity index is 1.53. The van der Waals surface area contributed by atoms with E-state index >= 15 is 0 Å². The van der Waals surface area contributed by atoms with E-state index in [1.54, 1.807) is 13.2 Å². The number of benzene rings is 1. The second kappa shape index (κ2) is 12.2. The molecule has 1 aromatic carbocycles. The van der Waals surface area contributed by atoms with E-state index < -0.39 is 29.4 Å². The lowest BCUT2D eigenvalue weighted by Gasteiger charge is -2.34. The first kappa shape index (κ1) is 29.7. The van der Waals surface area contributed by atoms with E-state index in [-0.39, 0.29) is 37.4 Å². The molecule has 5 rings (SSSR count). The van der Waals surface area contributed by atoms with Gasteiger partial charge in [0.25, 0.3) is 0 Å². The monoisotopic (exact) mass is 576 g/mol. The first-order valence-electron chi connectivity index (χ1n) is 15.0. The number of ether oxygens (including phenoxy) is 3. The number of aldehydes is 1. The van der Waals surface area contributed by atoms with Crippen molar-refractivity contribution in [1.82, 2.24) is 14.9 Å². The minimum Gasteiger partial charge on any atom is -0.497 e. The number of hydrogen-bond acceptors (Lipinski definition) is 9. The molecule has 3 aliphatic rings. The Morgan fingerprint density at radius 2 is 1.93 bits per heavy atom. The van der Waals surface area contributed by atoms with Gasteiger partial charge in [0, 0.05) is 18.4 Å². The molecule has 2 bridgehead atoms. The van der Waals surface area contributed by atoms with Crippen LogP contribution >= 0.6 is 0 Å². The van der Waals surface area contributed by atoms with E-state index in [4.69, 9.17) is 24.2 Å². The standard InChI is InChI=1S/C32H40N4O6/c1-32(2,3)22-16-29(38)41-27-14-19(27)8-6-5-7-9-24-30(35-25-15-20(40-4)10-11-23(25)34-24)42-28-17-36(31(22)39)26(18-37)21(28)12-13-33/h10-11,15,18-19,21-22,26-28H,5-9,12,14,16-17H2,1-4H3/t19-,21+,22-,26-,27-,28+/m1/s1. The SMILES string of the molecule is COc1ccc2nc3c(nc2c1)O[C@H]1CN(C(=O)[C@H](C(C)(C)C)CC(=O)O[C@@H]2C[C@H]2CCCCC3)[C@H](C=O)[C@@H]1CC#N. The molecule has 1 amide bonds. The third-order valence-corrected chi connectivity index (χ3v) is 8.92. The highest BCUT2D eigenvalue weighted by molar-refractivity contribution is 5.87. The second-order valence-electron chi connectivity index (χ2n) is 12.9. The number of aryl methyl sites for hydroxylation is 1. The van der Waals surface area contributed by atoms with Crippen molar-refractivity contribution in [2.45, 2.75) is 90.4 Å². The largest absolute Gasteiger partial charge is 0.497 e. The van der Waals surface area contributed by atoms with Crippen LogP contribution in [0.1, 0.15) is 71.4 Å². The van der Waals surface area contributed by atoms with Crippen LogP contribution in [0.15, 0.2) is 18.2 Å². The van der Waals surface area contributed by atoms with Gasteiger partial charge in [-0.05, 0) is 49.1 Å². The maximum absolute atomic E-state index is 14.1. The molecule has 10 heteroatoms. The zero-order valence-corrected chi connectivity index (χ0v) is 24.9. The summed E-state index contributed by atoms with van der Waals surface area (Å²) in [5.41, 5.74) is 1.48. The molecule has 0 unspecified atom stereocenters. The van der Waals surface area contributed by atoms with Gasteiger partial charge in [-0.1, -0.05) is 33.6 Å². The summed E-state index contributed by atoms with van der Waals surface area (Å²) >= 11 is 0. The van der Waals surface area contributed by atoms with Crippen molar-refractivity contribution >= 4 is 29.2 Å². The summed E-state index contributed by atoms with van der Waals surface area (Å²) in [5.74, 6) is -0.607. The Morgan fingerprint density at radius 3 is 2.64 bits per heavy atom. The predicted octanol–water partition coefficient (Wildman–Crippen LogP) is 4.43. The third-order valence-electron chi connectivity index (χ3n) is 8.92. The molecule has 0 spiro atoms. The number of amides is 1. The Bertz CT molecular complexity index is 1380. The van der Waals surface area contributed by atoms with E-state index in [9.17, 15) is 19.6 Å². The summed E-state index contributed by atoms with van der Waals surface area (Å²) in [6, 6.07) is 6.81. The third kappa shape index (κ3) is 6.35. The van der Waals surface area contributed by atoms with Gasteiger partial charge in [0.2, 0.25) is 11.8 Å². The predicted molar refractivity (Wildman–Crippen MR) is 154 cm³/mol. The fourth-order valence-electron chi connectivity index (χ4n) is 6.27. The molecule has 1 saturated carbocycles. The van der Waals surface area contributed by atoms with Crippen molar-refractivity contribution in [3.63, 3.8) is 0 Å². The summed E-state index contributed by atoms with van der Waals surface area (Å²) in [6.07, 6.45) is 5.30. The number of nitriles is 1. The maximum atomic E-state index is 14.1. The summed E-state index contributed by atoms with van der Waals surface area (Å²) in [6.45, 7) is 5.82. The van der Waals surface area contributed by atoms with Gasteiger partial charge in [-0.25, -0.2) is 9.97 Å². The number of carbonyl (C=O) groups is 3. The van der Waals surface area contributed by atoms with Crippen LogP contribution in [0.3, 0.4) is 0 Å². The summed E-state index contributed by atoms with van der Waals surface area (Å²) < 4.78 is 17.7. The lowest BCUT2D eigenvalue weighted by atomic mass is 9.77. The van der Waals surface area contributed by atoms with Crippen LogP contribution in [-0.2, 0) is 25.5 Å². The first-order valence-corrected chi connectivity index (χ1v) is 15.0. The Kier molecular flexibility index (Phi) is 8.67. The number of rotatable bonds is 3. The average Bonchev–Trinajstić information content (AvgIpc) is 3.59. The number of fused-ring (bicyclic) bond motifs is 5. The molecule has 2 aromatic rings. The van der Waals surface area contributed by atoms with Gasteiger partial charge in [0.05, 0.1) is 49.1 Å². The molecule has 6 atom stereocenters. The number of methoxy groups -OCH3 is 1. The van der Waals surface area contributed by atoms with Crippen LogP contribution in [0.2, 0.25) is 0 Å². The highest BCUT2D eigenvalue weighted by Gasteiger charge is 2.49. The van der Waals surface area contributed by atoms with E-state index in [0.717, 1.165) is 43.9 Å². The van der Waals surface area contributed by atoms with Crippen molar-refractivity contribution in [2.24, 2.45) is 23.2 Å². The van der Waals surface area contributed by atoms with E-state index in [2.05, 4.69) is 6.07 Å². The zero-order valence-electron chi connectivity index (χ0n) is 24.9. The lowest BCUT2D eigenvalue weighted by Crippen LogP contribution is -2.46. The number of nitrogens with zero attached hydrogens (tertiary/aromatic N) is 4. The Morgan fingerprint density at radius 1 is 1.12 bits per heavy atom. The molecule has 42 heavy (non-hydrogen) atoms. The number of carbonyl (C=O) groups excluding carboxylic acids is 3. The van der Waals surface area contributed by atoms with Gasteiger partial charge in [-0.3, -0.25) is 9.59 Å². The quantitative estimate of drug-likeness (QED) is 0.385. The highest BCUT2D eigenvalue weighted by Crippen LogP contribution is 2.41. The van der Waals surface area contributed by atoms with Crippen LogP contribution in [0.4, 0.5) is 0 Å². The minimum atomic E-state index is -0.866. The zero-order chi connectivity index (χ0) is 30.0. The summed E-state index contributed by atoms with van der Waals surface area (Å²) in [4.78, 5) is 50.7. The van der Waals surface area contributed by atoms with Crippen LogP contribution in [0, 0.1) is 34.5 Å². The van der Waals surface area contributed by atoms with Crippen molar-refractivity contribution < 1.29 is 28.6 Å². The van der Waals surface area contributed by atoms with Crippen molar-refractivity contribution in [3.8, 4) is 17.7 Å². The molecule has 1 aliphatic carbocycles. The smallest absolute Gasteiger partial charge is 0.306 e. The van der Waals surface area contributed by atoms with Gasteiger partial charge < -0.3 is 23.9 Å². The average molecular weight is 577 g/mol. The highest BCUT2D eigenvalue weighted by atomic mass is 16.5. The number of hydrogen-bond donors (Lipinski definition) is 0. The van der Waals surface area contributed by atoms with Crippen LogP contribution in [0.5, 0.6) is 11.6 Å². The molecule has 3 heterocycles. The summed E-state index contributed by atoms with van der Waals surface area (Å²) in [5, 5.41) is 9.67. The van der Waals surface area contributed by atoms with Crippen molar-refractivity contribution in [2.75, 3.05) is 13.7 Å². The molecule has 2 aliphatic heterocycles. The topological polar surface area (TPSA) is 132 Å². The van der Waals surface area contributed by atoms with Gasteiger partial charge in [0.15, 0.2) is 0 Å². The van der Waals surface area contributed by atoms with Gasteiger partial charge in [-0.2, -0.15) is 5.26 Å². The van der Waals surface area contributed by atoms with Crippen molar-refractivity contribution in [3.05, 3.63) is 23.9 Å². The fraction of sp³-hybridized carbons (Fsp3) is 0.625. The van der Waals surface area contributed by atoms with E-state index in [1.165, 1.54) is 4.90 Å². The fourth-order valence-corrected chi connectivity index (χ4v) is 6.27. The summed E-state index contributed by atoms with van der Waals surface area (Å²) in [7, 11) is 1.59. The number of aromatic nitrogens is 2. The van der Waals surface area contributed by atoms with E-state index in [0.29, 0.717) is 35.2 Å². The van der Waals surface area contributed by atoms with Gasteiger partial charge in [-0.15, -0.1) is 0 Å². The van der Waals surface area contributed by atoms with E-state index in [1.807, 2.05) is 32.9 Å². The molecule has 1 saturated heterocycles. The van der Waals surface area contributed by atoms with Crippen LogP contribution in [0.25, 0.3) is 11.0 Å². The molecular formula is C32H40N4O6. The first-order chi connectivity index (χ1) is 20.1. The Labute approximate surface area is 246 Å². The molecule has 1 aromatic heterocycles. The van der Waals surface area contributed by atoms with Crippen LogP contribution < -0.4 is 9.47 Å². The molecule has 0 radical (unpaired) electrons. The molecule has 224 valence electrons. The lowest BCUT2D eigenvalue weighted by molar-refractivity contribution is -0.153. The second-order valence-corrected chi connectivity index (χ2v) is 12.9. The van der Waals surface area contributed by atoms with Crippen LogP contribution in [-0.4, -0.2) is 64.9 Å². The minimum absolute atomic E-state index is 0.0211. The maximum Gasteiger partial charge on any atom is 0.306 e. The Hall–Kier alpha value is -3.74. The van der Waals surface area contributed by atoms with Crippen molar-refractivity contribution in [1.29, 1.82) is 5.26 Å². The molecular weight excluding hydrogens is 536 g/mol. The normalized spacial score (nSPS) is 28.8. The van der Waals surface area contributed by atoms with Gasteiger partial charge >= 0.3 is 5.97 Å².